The van der Waals surface area contributed by atoms with Gasteiger partial charge in [-0.2, -0.15) is 0 Å². The highest BCUT2D eigenvalue weighted by Gasteiger charge is 2.36. The number of ether oxygens (including phenoxy) is 1. The molecule has 0 aromatic heterocycles. The van der Waals surface area contributed by atoms with Crippen LogP contribution in [0.1, 0.15) is 56.6 Å². The molecule has 4 atom stereocenters. The van der Waals surface area contributed by atoms with E-state index in [9.17, 15) is 0 Å². The van der Waals surface area contributed by atoms with Crippen LogP contribution in [0.2, 0.25) is 0 Å². The Hall–Kier alpha value is -1.06. The maximum Gasteiger partial charge on any atom is 0.123 e. The molecule has 2 aliphatic rings. The molecule has 0 aliphatic heterocycles. The lowest BCUT2D eigenvalue weighted by molar-refractivity contribution is 0.109. The van der Waals surface area contributed by atoms with Gasteiger partial charge in [0, 0.05) is 5.56 Å². The Morgan fingerprint density at radius 3 is 2.62 bits per heavy atom. The highest BCUT2D eigenvalue weighted by molar-refractivity contribution is 5.36. The lowest BCUT2D eigenvalue weighted by Gasteiger charge is -2.42. The number of methoxy groups -OCH3 is 1. The number of hydrazine groups is 1. The Balaban J connectivity index is 1.77. The Labute approximate surface area is 128 Å². The number of hydrogen-bond donors (Lipinski definition) is 2. The van der Waals surface area contributed by atoms with E-state index in [4.69, 9.17) is 10.6 Å². The Morgan fingerprint density at radius 1 is 1.10 bits per heavy atom. The highest BCUT2D eigenvalue weighted by atomic mass is 16.5. The van der Waals surface area contributed by atoms with Crippen molar-refractivity contribution in [2.75, 3.05) is 7.11 Å². The molecule has 3 heteroatoms. The van der Waals surface area contributed by atoms with E-state index >= 15 is 0 Å². The largest absolute Gasteiger partial charge is 0.496 e. The fraction of sp³-hybridized carbons (Fsp3) is 0.667. The molecule has 0 bridgehead atoms. The van der Waals surface area contributed by atoms with E-state index in [1.165, 1.54) is 50.5 Å². The van der Waals surface area contributed by atoms with Crippen LogP contribution in [0.15, 0.2) is 24.3 Å². The lowest BCUT2D eigenvalue weighted by atomic mass is 9.65. The van der Waals surface area contributed by atoms with Crippen LogP contribution in [0, 0.1) is 17.8 Å². The van der Waals surface area contributed by atoms with Crippen LogP contribution in [0.3, 0.4) is 0 Å². The highest BCUT2D eigenvalue weighted by Crippen LogP contribution is 2.46. The van der Waals surface area contributed by atoms with Gasteiger partial charge in [0.15, 0.2) is 0 Å². The van der Waals surface area contributed by atoms with Gasteiger partial charge < -0.3 is 4.74 Å². The van der Waals surface area contributed by atoms with Crippen molar-refractivity contribution in [1.29, 1.82) is 0 Å². The molecule has 3 N–H and O–H groups in total. The van der Waals surface area contributed by atoms with Crippen LogP contribution in [0.5, 0.6) is 5.75 Å². The fourth-order valence-corrected chi connectivity index (χ4v) is 4.62. The molecule has 1 aromatic rings. The summed E-state index contributed by atoms with van der Waals surface area (Å²) in [7, 11) is 1.74. The van der Waals surface area contributed by atoms with Gasteiger partial charge in [-0.1, -0.05) is 43.9 Å². The number of nitrogens with two attached hydrogens (primary N) is 1. The van der Waals surface area contributed by atoms with Crippen LogP contribution >= 0.6 is 0 Å². The van der Waals surface area contributed by atoms with Crippen LogP contribution < -0.4 is 16.0 Å². The monoisotopic (exact) mass is 288 g/mol. The van der Waals surface area contributed by atoms with Gasteiger partial charge in [-0.3, -0.25) is 11.3 Å². The number of fused-ring (bicyclic) bond motifs is 1. The van der Waals surface area contributed by atoms with Gasteiger partial charge in [0.2, 0.25) is 0 Å². The van der Waals surface area contributed by atoms with Crippen molar-refractivity contribution in [2.45, 2.75) is 51.0 Å². The van der Waals surface area contributed by atoms with Crippen LogP contribution in [0.25, 0.3) is 0 Å². The van der Waals surface area contributed by atoms with Crippen molar-refractivity contribution in [3.8, 4) is 5.75 Å². The average molecular weight is 288 g/mol. The molecule has 1 aromatic carbocycles. The molecule has 0 radical (unpaired) electrons. The Kier molecular flexibility index (Phi) is 4.81. The second kappa shape index (κ2) is 6.80. The second-order valence-electron chi connectivity index (χ2n) is 6.76. The summed E-state index contributed by atoms with van der Waals surface area (Å²) in [5, 5.41) is 0. The van der Waals surface area contributed by atoms with Gasteiger partial charge >= 0.3 is 0 Å². The second-order valence-corrected chi connectivity index (χ2v) is 6.76. The summed E-state index contributed by atoms with van der Waals surface area (Å²) in [5.41, 5.74) is 4.29. The molecule has 3 rings (SSSR count). The SMILES string of the molecule is COc1ccccc1C(NN)C1CCC2CCCCC2C1. The Bertz CT molecular complexity index is 462. The van der Waals surface area contributed by atoms with Crippen molar-refractivity contribution in [3.63, 3.8) is 0 Å². The van der Waals surface area contributed by atoms with E-state index in [0.717, 1.165) is 17.6 Å². The van der Waals surface area contributed by atoms with Crippen molar-refractivity contribution >= 4 is 0 Å². The number of rotatable bonds is 4. The lowest BCUT2D eigenvalue weighted by Crippen LogP contribution is -2.38. The van der Waals surface area contributed by atoms with E-state index < -0.39 is 0 Å². The molecule has 0 saturated heterocycles. The zero-order valence-corrected chi connectivity index (χ0v) is 13.1. The van der Waals surface area contributed by atoms with E-state index in [-0.39, 0.29) is 6.04 Å². The van der Waals surface area contributed by atoms with Crippen LogP contribution in [-0.2, 0) is 0 Å². The first-order valence-electron chi connectivity index (χ1n) is 8.42. The van der Waals surface area contributed by atoms with Gasteiger partial charge in [0.25, 0.3) is 0 Å². The van der Waals surface area contributed by atoms with E-state index in [1.807, 2.05) is 12.1 Å². The molecule has 21 heavy (non-hydrogen) atoms. The predicted octanol–water partition coefficient (Wildman–Crippen LogP) is 3.81. The zero-order valence-electron chi connectivity index (χ0n) is 13.1. The summed E-state index contributed by atoms with van der Waals surface area (Å²) < 4.78 is 5.53. The first kappa shape index (κ1) is 14.9. The third kappa shape index (κ3) is 3.09. The molecule has 4 unspecified atom stereocenters. The van der Waals surface area contributed by atoms with Crippen LogP contribution in [0.4, 0.5) is 0 Å². The van der Waals surface area contributed by atoms with E-state index in [1.54, 1.807) is 7.11 Å². The van der Waals surface area contributed by atoms with Gasteiger partial charge in [0.05, 0.1) is 13.2 Å². The number of nitrogens with one attached hydrogen (secondary N) is 1. The summed E-state index contributed by atoms with van der Waals surface area (Å²) in [6, 6.07) is 8.49. The number of benzene rings is 1. The van der Waals surface area contributed by atoms with Crippen molar-refractivity contribution in [3.05, 3.63) is 29.8 Å². The molecule has 0 spiro atoms. The van der Waals surface area contributed by atoms with Gasteiger partial charge in [-0.05, 0) is 43.1 Å². The fourth-order valence-electron chi connectivity index (χ4n) is 4.62. The van der Waals surface area contributed by atoms with Gasteiger partial charge in [-0.15, -0.1) is 0 Å². The predicted molar refractivity (Wildman–Crippen MR) is 85.8 cm³/mol. The maximum atomic E-state index is 5.92. The minimum Gasteiger partial charge on any atom is -0.496 e. The molecule has 0 amide bonds. The summed E-state index contributed by atoms with van der Waals surface area (Å²) in [4.78, 5) is 0. The molecule has 2 aliphatic carbocycles. The van der Waals surface area contributed by atoms with Crippen molar-refractivity contribution in [1.82, 2.24) is 5.43 Å². The average Bonchev–Trinajstić information content (AvgIpc) is 2.56. The van der Waals surface area contributed by atoms with Gasteiger partial charge in [-0.25, -0.2) is 0 Å². The molecule has 2 fully saturated rings. The molecule has 2 saturated carbocycles. The number of hydrogen-bond acceptors (Lipinski definition) is 3. The first-order chi connectivity index (χ1) is 10.3. The van der Waals surface area contributed by atoms with E-state index in [2.05, 4.69) is 17.6 Å². The molecule has 116 valence electrons. The molecular formula is C18H28N2O. The minimum atomic E-state index is 0.212. The quantitative estimate of drug-likeness (QED) is 0.654. The number of para-hydroxylation sites is 1. The van der Waals surface area contributed by atoms with Gasteiger partial charge in [0.1, 0.15) is 5.75 Å². The molecule has 3 nitrogen and oxygen atoms in total. The minimum absolute atomic E-state index is 0.212. The van der Waals surface area contributed by atoms with E-state index in [0.29, 0.717) is 5.92 Å². The third-order valence-electron chi connectivity index (χ3n) is 5.71. The molecular weight excluding hydrogens is 260 g/mol. The van der Waals surface area contributed by atoms with Crippen molar-refractivity contribution in [2.24, 2.45) is 23.6 Å². The van der Waals surface area contributed by atoms with Crippen molar-refractivity contribution < 1.29 is 4.74 Å². The Morgan fingerprint density at radius 2 is 1.86 bits per heavy atom. The molecule has 0 heterocycles. The normalized spacial score (nSPS) is 30.5. The smallest absolute Gasteiger partial charge is 0.123 e. The summed E-state index contributed by atoms with van der Waals surface area (Å²) in [6.45, 7) is 0. The van der Waals surface area contributed by atoms with Crippen LogP contribution in [-0.4, -0.2) is 7.11 Å². The zero-order chi connectivity index (χ0) is 14.7. The maximum absolute atomic E-state index is 5.92. The first-order valence-corrected chi connectivity index (χ1v) is 8.42. The summed E-state index contributed by atoms with van der Waals surface area (Å²) in [6.07, 6.45) is 9.71. The summed E-state index contributed by atoms with van der Waals surface area (Å²) in [5.74, 6) is 9.40. The topological polar surface area (TPSA) is 47.3 Å². The third-order valence-corrected chi connectivity index (χ3v) is 5.71. The standard InChI is InChI=1S/C18H28N2O/c1-21-17-9-5-4-8-16(17)18(20-19)15-11-10-13-6-2-3-7-14(13)12-15/h4-5,8-9,13-15,18,20H,2-3,6-7,10-12,19H2,1H3. The summed E-state index contributed by atoms with van der Waals surface area (Å²) >= 11 is 0.